The van der Waals surface area contributed by atoms with Crippen LogP contribution in [0.2, 0.25) is 0 Å². The molecule has 1 amide bonds. The Labute approximate surface area is 144 Å². The van der Waals surface area contributed by atoms with Gasteiger partial charge in [-0.15, -0.1) is 0 Å². The van der Waals surface area contributed by atoms with Gasteiger partial charge in [-0.1, -0.05) is 0 Å². The summed E-state index contributed by atoms with van der Waals surface area (Å²) in [6.07, 6.45) is 2.27. The van der Waals surface area contributed by atoms with Gasteiger partial charge in [0.25, 0.3) is 5.91 Å². The molecule has 1 unspecified atom stereocenters. The Morgan fingerprint density at radius 2 is 2.20 bits per heavy atom. The lowest BCUT2D eigenvalue weighted by Crippen LogP contribution is -2.43. The molecular weight excluding hydrogens is 353 g/mol. The quantitative estimate of drug-likeness (QED) is 0.375. The Hall–Kier alpha value is -1.94. The molecular formula is C13H20N5O6P. The summed E-state index contributed by atoms with van der Waals surface area (Å²) in [5.74, 6) is -0.418. The maximum atomic E-state index is 11.7. The molecule has 2 N–H and O–H groups in total. The second kappa shape index (κ2) is 8.43. The molecule has 0 radical (unpaired) electrons. The number of esters is 1. The van der Waals surface area contributed by atoms with E-state index in [9.17, 15) is 14.2 Å². The van der Waals surface area contributed by atoms with Gasteiger partial charge in [0.1, 0.15) is 12.2 Å². The number of amidine groups is 1. The molecule has 0 aromatic rings. The van der Waals surface area contributed by atoms with E-state index in [0.29, 0.717) is 18.9 Å². The highest BCUT2D eigenvalue weighted by Crippen LogP contribution is 2.33. The monoisotopic (exact) mass is 373 g/mol. The smallest absolute Gasteiger partial charge is 0.326 e. The van der Waals surface area contributed by atoms with Gasteiger partial charge in [-0.05, 0) is 6.92 Å². The number of aliphatic imine (C=N–C) groups is 3. The van der Waals surface area contributed by atoms with Crippen molar-refractivity contribution in [1.82, 2.24) is 9.80 Å². The molecule has 25 heavy (non-hydrogen) atoms. The number of ether oxygens (including phenoxy) is 1. The van der Waals surface area contributed by atoms with E-state index in [0.717, 1.165) is 0 Å². The highest BCUT2D eigenvalue weighted by atomic mass is 31.2. The second-order valence-electron chi connectivity index (χ2n) is 5.40. The second-order valence-corrected chi connectivity index (χ2v) is 7.18. The average Bonchev–Trinajstić information content (AvgIpc) is 2.94. The lowest BCUT2D eigenvalue weighted by molar-refractivity contribution is -0.144. The Morgan fingerprint density at radius 1 is 1.44 bits per heavy atom. The average molecular weight is 373 g/mol. The molecule has 11 nitrogen and oxygen atoms in total. The van der Waals surface area contributed by atoms with Gasteiger partial charge >= 0.3 is 13.6 Å². The normalized spacial score (nSPS) is 19.4. The zero-order valence-electron chi connectivity index (χ0n) is 13.7. The van der Waals surface area contributed by atoms with E-state index in [1.54, 1.807) is 16.7 Å². The first-order valence-electron chi connectivity index (χ1n) is 7.66. The summed E-state index contributed by atoms with van der Waals surface area (Å²) < 4.78 is 16.0. The molecule has 0 fully saturated rings. The van der Waals surface area contributed by atoms with Gasteiger partial charge in [-0.25, -0.2) is 4.99 Å². The van der Waals surface area contributed by atoms with Crippen molar-refractivity contribution >= 4 is 38.0 Å². The minimum Gasteiger partial charge on any atom is -0.465 e. The van der Waals surface area contributed by atoms with Crippen LogP contribution in [0.1, 0.15) is 6.92 Å². The van der Waals surface area contributed by atoms with Crippen LogP contribution in [0.25, 0.3) is 0 Å². The maximum Gasteiger partial charge on any atom is 0.326 e. The minimum absolute atomic E-state index is 0.0321. The Kier molecular flexibility index (Phi) is 6.54. The van der Waals surface area contributed by atoms with Crippen molar-refractivity contribution in [2.75, 3.05) is 38.9 Å². The summed E-state index contributed by atoms with van der Waals surface area (Å²) in [7, 11) is -4.18. The molecule has 2 aliphatic heterocycles. The highest BCUT2D eigenvalue weighted by molar-refractivity contribution is 7.51. The summed E-state index contributed by atoms with van der Waals surface area (Å²) in [4.78, 5) is 56.2. The largest absolute Gasteiger partial charge is 0.465 e. The molecule has 0 aromatic heterocycles. The Morgan fingerprint density at radius 3 is 2.88 bits per heavy atom. The van der Waals surface area contributed by atoms with E-state index < -0.39 is 25.5 Å². The van der Waals surface area contributed by atoms with Crippen molar-refractivity contribution in [2.45, 2.75) is 13.0 Å². The van der Waals surface area contributed by atoms with Crippen LogP contribution in [-0.4, -0.2) is 95.0 Å². The molecule has 1 atom stereocenters. The van der Waals surface area contributed by atoms with E-state index >= 15 is 0 Å². The van der Waals surface area contributed by atoms with Gasteiger partial charge in [-0.2, -0.15) is 4.99 Å². The van der Waals surface area contributed by atoms with Crippen molar-refractivity contribution in [3.05, 3.63) is 0 Å². The minimum atomic E-state index is -4.18. The van der Waals surface area contributed by atoms with Crippen LogP contribution < -0.4 is 0 Å². The molecule has 12 heteroatoms. The molecule has 0 aromatic carbocycles. The third kappa shape index (κ3) is 5.82. The molecule has 0 saturated heterocycles. The fourth-order valence-electron chi connectivity index (χ4n) is 2.32. The Bertz CT molecular complexity index is 657. The predicted octanol–water partition coefficient (Wildman–Crippen LogP) is -1.29. The first kappa shape index (κ1) is 19.4. The molecule has 0 bridgehead atoms. The van der Waals surface area contributed by atoms with Gasteiger partial charge in [0, 0.05) is 19.6 Å². The number of hydrogen-bond donors (Lipinski definition) is 2. The molecule has 0 saturated carbocycles. The van der Waals surface area contributed by atoms with Crippen LogP contribution >= 0.6 is 7.60 Å². The number of fused-ring (bicyclic) bond motifs is 1. The molecule has 0 aliphatic carbocycles. The first-order valence-corrected chi connectivity index (χ1v) is 9.46. The molecule has 2 heterocycles. The summed E-state index contributed by atoms with van der Waals surface area (Å²) in [5, 5.41) is 0. The van der Waals surface area contributed by atoms with E-state index in [1.807, 2.05) is 0 Å². The van der Waals surface area contributed by atoms with Crippen molar-refractivity contribution in [1.29, 1.82) is 0 Å². The number of carbonyl (C=O) groups is 2. The third-order valence-electron chi connectivity index (χ3n) is 3.53. The first-order chi connectivity index (χ1) is 11.8. The van der Waals surface area contributed by atoms with Crippen LogP contribution in [0.3, 0.4) is 0 Å². The fraction of sp³-hybridized carbons (Fsp3) is 0.615. The number of hydrogen-bond acceptors (Lipinski definition) is 8. The highest BCUT2D eigenvalue weighted by Gasteiger charge is 2.33. The number of rotatable bonds is 9. The van der Waals surface area contributed by atoms with Crippen LogP contribution in [-0.2, 0) is 18.9 Å². The zero-order chi connectivity index (χ0) is 18.4. The SMILES string of the molecule is CCOC(=O)CN(CCN1C=NC2C(=O)N=CN=C21)CCP(=O)(O)O. The van der Waals surface area contributed by atoms with Gasteiger partial charge in [0.05, 0.1) is 25.7 Å². The molecule has 138 valence electrons. The maximum absolute atomic E-state index is 11.7. The van der Waals surface area contributed by atoms with E-state index in [2.05, 4.69) is 15.0 Å². The van der Waals surface area contributed by atoms with Gasteiger partial charge in [0.2, 0.25) is 0 Å². The van der Waals surface area contributed by atoms with E-state index in [1.165, 1.54) is 12.7 Å². The molecule has 2 aliphatic rings. The van der Waals surface area contributed by atoms with Crippen LogP contribution in [0.5, 0.6) is 0 Å². The summed E-state index contributed by atoms with van der Waals surface area (Å²) in [6.45, 7) is 2.50. The van der Waals surface area contributed by atoms with Crippen molar-refractivity contribution in [3.8, 4) is 0 Å². The Balaban J connectivity index is 1.94. The van der Waals surface area contributed by atoms with Gasteiger partial charge in [0.15, 0.2) is 6.04 Å². The van der Waals surface area contributed by atoms with Crippen LogP contribution in [0.15, 0.2) is 15.0 Å². The van der Waals surface area contributed by atoms with Crippen molar-refractivity contribution in [3.63, 3.8) is 0 Å². The summed E-state index contributed by atoms with van der Waals surface area (Å²) in [5.41, 5.74) is 0. The lowest BCUT2D eigenvalue weighted by atomic mass is 10.2. The third-order valence-corrected chi connectivity index (χ3v) is 4.31. The number of amides is 1. The number of nitrogens with zero attached hydrogens (tertiary/aromatic N) is 5. The molecule has 2 rings (SSSR count). The lowest BCUT2D eigenvalue weighted by Gasteiger charge is -2.25. The topological polar surface area (TPSA) is 144 Å². The number of carbonyl (C=O) groups excluding carboxylic acids is 2. The summed E-state index contributed by atoms with van der Waals surface area (Å²) in [6, 6.07) is -0.737. The standard InChI is InChI=1S/C13H20N5O6P/c1-2-24-10(19)7-17(5-6-25(21,22)23)3-4-18-9-16-11-12(18)14-8-15-13(11)20/h8-9,11H,2-7H2,1H3,(H2,21,22,23). The zero-order valence-corrected chi connectivity index (χ0v) is 14.6. The van der Waals surface area contributed by atoms with Crippen LogP contribution in [0, 0.1) is 0 Å². The molecule has 0 spiro atoms. The fourth-order valence-corrected chi connectivity index (χ4v) is 2.86. The van der Waals surface area contributed by atoms with E-state index in [-0.39, 0.29) is 25.9 Å². The van der Waals surface area contributed by atoms with Crippen LogP contribution in [0.4, 0.5) is 0 Å². The van der Waals surface area contributed by atoms with Gasteiger partial charge in [-0.3, -0.25) is 24.0 Å². The predicted molar refractivity (Wildman–Crippen MR) is 89.9 cm³/mol. The van der Waals surface area contributed by atoms with Crippen molar-refractivity contribution < 1.29 is 28.7 Å². The van der Waals surface area contributed by atoms with E-state index in [4.69, 9.17) is 14.5 Å². The van der Waals surface area contributed by atoms with Crippen molar-refractivity contribution in [2.24, 2.45) is 15.0 Å². The van der Waals surface area contributed by atoms with Gasteiger partial charge < -0.3 is 19.4 Å². The summed E-state index contributed by atoms with van der Waals surface area (Å²) >= 11 is 0.